The highest BCUT2D eigenvalue weighted by Crippen LogP contribution is 2.04. The highest BCUT2D eigenvalue weighted by molar-refractivity contribution is 5.75. The number of carbonyl (C=O) groups is 4. The number of hydrogen-bond acceptors (Lipinski definition) is 5. The number of carboxylic acids is 1. The molecule has 1 atom stereocenters. The van der Waals surface area contributed by atoms with Gasteiger partial charge in [-0.3, -0.25) is 14.4 Å². The Morgan fingerprint density at radius 3 is 2.15 bits per heavy atom. The molecule has 0 spiro atoms. The molecule has 156 valence electrons. The van der Waals surface area contributed by atoms with Crippen LogP contribution in [0.2, 0.25) is 0 Å². The first-order valence-electron chi connectivity index (χ1n) is 9.91. The molecule has 0 saturated carbocycles. The lowest BCUT2D eigenvalue weighted by molar-refractivity contribution is -0.137. The quantitative estimate of drug-likeness (QED) is 0.196. The molecule has 8 heteroatoms. The van der Waals surface area contributed by atoms with Gasteiger partial charge in [0, 0.05) is 25.8 Å². The lowest BCUT2D eigenvalue weighted by Gasteiger charge is -2.11. The summed E-state index contributed by atoms with van der Waals surface area (Å²) in [6.07, 6.45) is 9.07. The zero-order valence-corrected chi connectivity index (χ0v) is 16.2. The third-order valence-corrected chi connectivity index (χ3v) is 4.23. The molecule has 0 aromatic rings. The maximum absolute atomic E-state index is 11.7. The minimum atomic E-state index is -0.779. The lowest BCUT2D eigenvalue weighted by atomic mass is 10.1. The van der Waals surface area contributed by atoms with Crippen molar-refractivity contribution in [3.63, 3.8) is 0 Å². The normalized spacial score (nSPS) is 11.7. The average molecular weight is 386 g/mol. The van der Waals surface area contributed by atoms with E-state index in [0.29, 0.717) is 38.6 Å². The number of rotatable bonds is 19. The molecule has 0 unspecified atom stereocenters. The van der Waals surface area contributed by atoms with Gasteiger partial charge in [0.15, 0.2) is 0 Å². The summed E-state index contributed by atoms with van der Waals surface area (Å²) in [6, 6.07) is -0.231. The van der Waals surface area contributed by atoms with Crippen molar-refractivity contribution >= 4 is 24.1 Å². The van der Waals surface area contributed by atoms with Gasteiger partial charge in [-0.15, -0.1) is 0 Å². The first-order valence-corrected chi connectivity index (χ1v) is 9.91. The maximum Gasteiger partial charge on any atom is 0.303 e. The number of primary amides is 1. The highest BCUT2D eigenvalue weighted by atomic mass is 16.4. The number of unbranched alkanes of at least 4 members (excludes halogenated alkanes) is 5. The minimum absolute atomic E-state index is 0.0434. The van der Waals surface area contributed by atoms with Crippen molar-refractivity contribution in [3.05, 3.63) is 0 Å². The Morgan fingerprint density at radius 2 is 1.48 bits per heavy atom. The van der Waals surface area contributed by atoms with Crippen molar-refractivity contribution in [2.45, 2.75) is 83.1 Å². The Hall–Kier alpha value is -1.96. The molecule has 8 nitrogen and oxygen atoms in total. The molecule has 0 rings (SSSR count). The van der Waals surface area contributed by atoms with E-state index in [1.807, 2.05) is 0 Å². The maximum atomic E-state index is 11.7. The molecule has 0 fully saturated rings. The lowest BCUT2D eigenvalue weighted by Crippen LogP contribution is -2.31. The van der Waals surface area contributed by atoms with Crippen LogP contribution in [0.4, 0.5) is 0 Å². The van der Waals surface area contributed by atoms with Crippen LogP contribution >= 0.6 is 0 Å². The molecule has 0 aliphatic heterocycles. The molecular formula is C19H35N3O5. The summed E-state index contributed by atoms with van der Waals surface area (Å²) >= 11 is 0. The fourth-order valence-corrected chi connectivity index (χ4v) is 2.66. The van der Waals surface area contributed by atoms with Crippen molar-refractivity contribution in [1.82, 2.24) is 10.6 Å². The van der Waals surface area contributed by atoms with E-state index in [4.69, 9.17) is 10.8 Å². The summed E-state index contributed by atoms with van der Waals surface area (Å²) in [5, 5.41) is 14.5. The van der Waals surface area contributed by atoms with Gasteiger partial charge >= 0.3 is 5.97 Å². The highest BCUT2D eigenvalue weighted by Gasteiger charge is 2.07. The summed E-state index contributed by atoms with van der Waals surface area (Å²) < 4.78 is 0. The monoisotopic (exact) mass is 385 g/mol. The molecule has 0 radical (unpaired) electrons. The van der Waals surface area contributed by atoms with Gasteiger partial charge in [0.25, 0.3) is 0 Å². The fourth-order valence-electron chi connectivity index (χ4n) is 2.66. The largest absolute Gasteiger partial charge is 0.481 e. The van der Waals surface area contributed by atoms with Gasteiger partial charge in [-0.25, -0.2) is 0 Å². The van der Waals surface area contributed by atoms with Crippen LogP contribution in [0.5, 0.6) is 0 Å². The van der Waals surface area contributed by atoms with E-state index in [-0.39, 0.29) is 24.3 Å². The van der Waals surface area contributed by atoms with E-state index in [0.717, 1.165) is 51.4 Å². The molecule has 0 bridgehead atoms. The Balaban J connectivity index is 3.44. The molecular weight excluding hydrogens is 350 g/mol. The zero-order chi connectivity index (χ0) is 20.3. The van der Waals surface area contributed by atoms with Crippen LogP contribution in [0, 0.1) is 0 Å². The standard InChI is InChI=1S/C19H35N3O5/c20-17(24)10-8-9-16(15-23)21-13-6-2-1-4-11-18(25)22-14-7-3-5-12-19(26)27/h15-16,21H,1-14H2,(H2,20,24)(H,22,25)(H,26,27)/t16-/m0/s1. The molecule has 0 aromatic carbocycles. The summed E-state index contributed by atoms with van der Waals surface area (Å²) in [5.74, 6) is -1.08. The van der Waals surface area contributed by atoms with Gasteiger partial charge in [0.1, 0.15) is 6.29 Å². The van der Waals surface area contributed by atoms with Crippen LogP contribution in [0.15, 0.2) is 0 Å². The van der Waals surface area contributed by atoms with Gasteiger partial charge in [-0.2, -0.15) is 0 Å². The number of hydrogen-bond donors (Lipinski definition) is 4. The van der Waals surface area contributed by atoms with E-state index in [2.05, 4.69) is 10.6 Å². The van der Waals surface area contributed by atoms with Gasteiger partial charge < -0.3 is 26.3 Å². The van der Waals surface area contributed by atoms with Gasteiger partial charge in [-0.05, 0) is 45.1 Å². The number of aliphatic carboxylic acids is 1. The van der Waals surface area contributed by atoms with E-state index in [9.17, 15) is 19.2 Å². The summed E-state index contributed by atoms with van der Waals surface area (Å²) in [6.45, 7) is 1.34. The Bertz CT molecular complexity index is 443. The van der Waals surface area contributed by atoms with Crippen LogP contribution in [0.25, 0.3) is 0 Å². The van der Waals surface area contributed by atoms with E-state index < -0.39 is 5.97 Å². The molecule has 0 heterocycles. The third kappa shape index (κ3) is 18.6. The van der Waals surface area contributed by atoms with Crippen LogP contribution < -0.4 is 16.4 Å². The Kier molecular flexibility index (Phi) is 16.2. The smallest absolute Gasteiger partial charge is 0.303 e. The van der Waals surface area contributed by atoms with Gasteiger partial charge in [0.2, 0.25) is 11.8 Å². The average Bonchev–Trinajstić information content (AvgIpc) is 2.61. The molecule has 0 saturated heterocycles. The Morgan fingerprint density at radius 1 is 0.852 bits per heavy atom. The second-order valence-corrected chi connectivity index (χ2v) is 6.77. The zero-order valence-electron chi connectivity index (χ0n) is 16.2. The van der Waals surface area contributed by atoms with E-state index in [1.54, 1.807) is 0 Å². The summed E-state index contributed by atoms with van der Waals surface area (Å²) in [5.41, 5.74) is 5.07. The molecule has 2 amide bonds. The number of carboxylic acid groups (broad SMARTS) is 1. The topological polar surface area (TPSA) is 139 Å². The molecule has 0 aromatic heterocycles. The van der Waals surface area contributed by atoms with Gasteiger partial charge in [0.05, 0.1) is 6.04 Å². The molecule has 5 N–H and O–H groups in total. The Labute approximate surface area is 161 Å². The SMILES string of the molecule is NC(=O)CCC[C@@H](C=O)NCCCCCCC(=O)NCCCCCC(=O)O. The first kappa shape index (κ1) is 25.0. The fraction of sp³-hybridized carbons (Fsp3) is 0.789. The van der Waals surface area contributed by atoms with Crippen molar-refractivity contribution in [3.8, 4) is 0 Å². The second kappa shape index (κ2) is 17.5. The minimum Gasteiger partial charge on any atom is -0.481 e. The number of amides is 2. The molecule has 0 aliphatic carbocycles. The summed E-state index contributed by atoms with van der Waals surface area (Å²) in [7, 11) is 0. The summed E-state index contributed by atoms with van der Waals surface area (Å²) in [4.78, 5) is 43.6. The van der Waals surface area contributed by atoms with Gasteiger partial charge in [-0.1, -0.05) is 19.3 Å². The van der Waals surface area contributed by atoms with Crippen molar-refractivity contribution in [2.24, 2.45) is 5.73 Å². The number of aldehydes is 1. The first-order chi connectivity index (χ1) is 13.0. The van der Waals surface area contributed by atoms with Crippen molar-refractivity contribution in [2.75, 3.05) is 13.1 Å². The number of carbonyl (C=O) groups excluding carboxylic acids is 3. The van der Waals surface area contributed by atoms with Crippen LogP contribution in [0.1, 0.15) is 77.0 Å². The predicted octanol–water partition coefficient (Wildman–Crippen LogP) is 1.51. The predicted molar refractivity (Wildman–Crippen MR) is 103 cm³/mol. The molecule has 0 aliphatic rings. The van der Waals surface area contributed by atoms with Crippen molar-refractivity contribution < 1.29 is 24.3 Å². The van der Waals surface area contributed by atoms with Crippen LogP contribution in [-0.2, 0) is 19.2 Å². The third-order valence-electron chi connectivity index (χ3n) is 4.23. The van der Waals surface area contributed by atoms with Crippen LogP contribution in [0.3, 0.4) is 0 Å². The second-order valence-electron chi connectivity index (χ2n) is 6.77. The molecule has 27 heavy (non-hydrogen) atoms. The van der Waals surface area contributed by atoms with E-state index in [1.165, 1.54) is 0 Å². The van der Waals surface area contributed by atoms with Crippen molar-refractivity contribution in [1.29, 1.82) is 0 Å². The van der Waals surface area contributed by atoms with E-state index >= 15 is 0 Å². The van der Waals surface area contributed by atoms with Crippen LogP contribution in [-0.4, -0.2) is 48.3 Å². The number of nitrogens with one attached hydrogen (secondary N) is 2. The number of nitrogens with two attached hydrogens (primary N) is 1.